The fourth-order valence-corrected chi connectivity index (χ4v) is 7.05. The van der Waals surface area contributed by atoms with Crippen molar-refractivity contribution >= 4 is 46.4 Å². The van der Waals surface area contributed by atoms with E-state index in [9.17, 15) is 19.2 Å². The first-order valence-corrected chi connectivity index (χ1v) is 17.3. The molecule has 2 aliphatic heterocycles. The van der Waals surface area contributed by atoms with E-state index in [2.05, 4.69) is 20.6 Å². The highest BCUT2D eigenvalue weighted by atomic mass is 32.2. The van der Waals surface area contributed by atoms with Crippen LogP contribution in [0, 0.1) is 5.92 Å². The van der Waals surface area contributed by atoms with E-state index in [4.69, 9.17) is 14.6 Å². The molecule has 256 valence electrons. The third-order valence-corrected chi connectivity index (χ3v) is 9.82. The third kappa shape index (κ3) is 8.41. The van der Waals surface area contributed by atoms with E-state index >= 15 is 0 Å². The standard InChI is InChI=1S/C36H39N5O7S/c1-22(27-16-25-18-37-13-12-26(25)40-27)39-36(46)28-15-23(21-47-14-6-2-3-9-34(43)44)20-41(28)33(42)19-38-35(45)24-10-11-32-30(17-24)48-29-7-4-5-8-31(29)49-32/h4-5,7-8,10-13,16-18,22-23,28,40H,2-3,6,9,14-15,19-21H2,1H3,(H,38,45)(H,39,46)(H,43,44)/t22?,23-,28?/m0/s1. The van der Waals surface area contributed by atoms with Gasteiger partial charge in [-0.1, -0.05) is 30.3 Å². The Morgan fingerprint density at radius 2 is 1.92 bits per heavy atom. The van der Waals surface area contributed by atoms with Crippen molar-refractivity contribution in [2.75, 3.05) is 26.3 Å². The maximum Gasteiger partial charge on any atom is 0.303 e. The molecule has 0 bridgehead atoms. The molecule has 4 N–H and O–H groups in total. The second-order valence-electron chi connectivity index (χ2n) is 12.4. The number of ether oxygens (including phenoxy) is 2. The van der Waals surface area contributed by atoms with Crippen molar-refractivity contribution < 1.29 is 33.8 Å². The molecule has 49 heavy (non-hydrogen) atoms. The van der Waals surface area contributed by atoms with Crippen LogP contribution in [0.5, 0.6) is 11.5 Å². The van der Waals surface area contributed by atoms with E-state index in [1.54, 1.807) is 36.3 Å². The van der Waals surface area contributed by atoms with Gasteiger partial charge in [-0.3, -0.25) is 24.2 Å². The number of carbonyl (C=O) groups excluding carboxylic acids is 3. The molecule has 2 aliphatic rings. The van der Waals surface area contributed by atoms with E-state index in [0.29, 0.717) is 43.9 Å². The Labute approximate surface area is 287 Å². The highest BCUT2D eigenvalue weighted by Crippen LogP contribution is 2.46. The van der Waals surface area contributed by atoms with Gasteiger partial charge in [0.15, 0.2) is 0 Å². The molecule has 1 saturated heterocycles. The number of unbranched alkanes of at least 4 members (excludes halogenated alkanes) is 2. The van der Waals surface area contributed by atoms with Gasteiger partial charge in [0, 0.05) is 60.0 Å². The minimum absolute atomic E-state index is 0.0814. The minimum Gasteiger partial charge on any atom is -0.481 e. The average Bonchev–Trinajstić information content (AvgIpc) is 3.74. The number of amides is 3. The number of carboxylic acid groups (broad SMARTS) is 1. The van der Waals surface area contributed by atoms with Gasteiger partial charge in [0.1, 0.15) is 17.5 Å². The number of nitrogens with one attached hydrogen (secondary N) is 3. The average molecular weight is 686 g/mol. The Morgan fingerprint density at radius 1 is 1.08 bits per heavy atom. The predicted molar refractivity (Wildman–Crippen MR) is 183 cm³/mol. The van der Waals surface area contributed by atoms with Crippen LogP contribution in [0.15, 0.2) is 76.8 Å². The number of carboxylic acids is 1. The van der Waals surface area contributed by atoms with Crippen LogP contribution in [0.1, 0.15) is 61.1 Å². The largest absolute Gasteiger partial charge is 0.481 e. The Kier molecular flexibility index (Phi) is 10.8. The maximum atomic E-state index is 13.7. The van der Waals surface area contributed by atoms with Crippen molar-refractivity contribution in [3.05, 3.63) is 78.2 Å². The van der Waals surface area contributed by atoms with Crippen LogP contribution in [0.3, 0.4) is 0 Å². The van der Waals surface area contributed by atoms with Crippen LogP contribution in [-0.2, 0) is 19.1 Å². The summed E-state index contributed by atoms with van der Waals surface area (Å²) in [6.45, 7) is 2.74. The molecular weight excluding hydrogens is 646 g/mol. The summed E-state index contributed by atoms with van der Waals surface area (Å²) in [5.41, 5.74) is 2.09. The number of para-hydroxylation sites is 1. The highest BCUT2D eigenvalue weighted by molar-refractivity contribution is 7.99. The monoisotopic (exact) mass is 685 g/mol. The summed E-state index contributed by atoms with van der Waals surface area (Å²) in [6, 6.07) is 15.6. The Morgan fingerprint density at radius 3 is 2.76 bits per heavy atom. The van der Waals surface area contributed by atoms with Gasteiger partial charge >= 0.3 is 5.97 Å². The summed E-state index contributed by atoms with van der Waals surface area (Å²) in [6.07, 6.45) is 6.06. The number of nitrogens with zero attached hydrogens (tertiary/aromatic N) is 2. The highest BCUT2D eigenvalue weighted by Gasteiger charge is 2.40. The SMILES string of the molecule is CC(NC(=O)C1C[C@H](COCCCCCC(=O)O)CN1C(=O)CNC(=O)c1ccc2c(c1)Oc1ccccc1S2)c1cc2cnccc2[nH]1. The van der Waals surface area contributed by atoms with Crippen molar-refractivity contribution in [1.82, 2.24) is 25.5 Å². The number of aromatic amines is 1. The number of benzene rings is 2. The van der Waals surface area contributed by atoms with Gasteiger partial charge in [0.25, 0.3) is 5.91 Å². The second kappa shape index (κ2) is 15.6. The van der Waals surface area contributed by atoms with Crippen LogP contribution in [0.25, 0.3) is 10.9 Å². The van der Waals surface area contributed by atoms with Crippen LogP contribution in [0.2, 0.25) is 0 Å². The van der Waals surface area contributed by atoms with Crippen molar-refractivity contribution in [3.8, 4) is 11.5 Å². The number of hydrogen-bond acceptors (Lipinski definition) is 8. The van der Waals surface area contributed by atoms with Gasteiger partial charge in [0.2, 0.25) is 11.8 Å². The quantitative estimate of drug-likeness (QED) is 0.114. The summed E-state index contributed by atoms with van der Waals surface area (Å²) in [7, 11) is 0. The summed E-state index contributed by atoms with van der Waals surface area (Å²) >= 11 is 1.56. The lowest BCUT2D eigenvalue weighted by molar-refractivity contribution is -0.138. The minimum atomic E-state index is -0.810. The van der Waals surface area contributed by atoms with Crippen LogP contribution in [-0.4, -0.2) is 76.0 Å². The Hall–Kier alpha value is -4.88. The molecule has 0 spiro atoms. The lowest BCUT2D eigenvalue weighted by Crippen LogP contribution is -2.49. The zero-order chi connectivity index (χ0) is 34.3. The van der Waals surface area contributed by atoms with Crippen LogP contribution >= 0.6 is 11.8 Å². The van der Waals surface area contributed by atoms with Crippen molar-refractivity contribution in [2.45, 2.75) is 60.9 Å². The topological polar surface area (TPSA) is 163 Å². The molecular formula is C36H39N5O7S. The number of pyridine rings is 1. The molecule has 0 aliphatic carbocycles. The summed E-state index contributed by atoms with van der Waals surface area (Å²) in [4.78, 5) is 62.0. The molecule has 6 rings (SSSR count). The summed E-state index contributed by atoms with van der Waals surface area (Å²) in [5.74, 6) is -0.675. The molecule has 2 aromatic heterocycles. The molecule has 3 atom stereocenters. The zero-order valence-electron chi connectivity index (χ0n) is 27.1. The Bertz CT molecular complexity index is 1810. The fraction of sp³-hybridized carbons (Fsp3) is 0.361. The van der Waals surface area contributed by atoms with E-state index in [1.165, 1.54) is 4.90 Å². The summed E-state index contributed by atoms with van der Waals surface area (Å²) < 4.78 is 11.9. The van der Waals surface area contributed by atoms with E-state index in [0.717, 1.165) is 45.0 Å². The molecule has 3 amide bonds. The molecule has 2 aromatic carbocycles. The maximum absolute atomic E-state index is 13.7. The predicted octanol–water partition coefficient (Wildman–Crippen LogP) is 5.31. The molecule has 4 heterocycles. The first-order valence-electron chi connectivity index (χ1n) is 16.4. The molecule has 1 fully saturated rings. The molecule has 4 aromatic rings. The van der Waals surface area contributed by atoms with Gasteiger partial charge in [-0.15, -0.1) is 0 Å². The van der Waals surface area contributed by atoms with Crippen LogP contribution < -0.4 is 15.4 Å². The van der Waals surface area contributed by atoms with Crippen molar-refractivity contribution in [3.63, 3.8) is 0 Å². The lowest BCUT2D eigenvalue weighted by atomic mass is 10.1. The van der Waals surface area contributed by atoms with Crippen molar-refractivity contribution in [1.29, 1.82) is 0 Å². The Balaban J connectivity index is 1.07. The number of likely N-dealkylation sites (tertiary alicyclic amines) is 1. The number of carbonyl (C=O) groups is 4. The zero-order valence-corrected chi connectivity index (χ0v) is 28.0. The number of aliphatic carboxylic acids is 1. The smallest absolute Gasteiger partial charge is 0.303 e. The summed E-state index contributed by atoms with van der Waals surface area (Å²) in [5, 5.41) is 15.5. The third-order valence-electron chi connectivity index (χ3n) is 8.71. The van der Waals surface area contributed by atoms with E-state index < -0.39 is 17.9 Å². The van der Waals surface area contributed by atoms with Gasteiger partial charge in [-0.05, 0) is 68.7 Å². The molecule has 0 saturated carbocycles. The number of fused-ring (bicyclic) bond motifs is 3. The fourth-order valence-electron chi connectivity index (χ4n) is 6.12. The van der Waals surface area contributed by atoms with Gasteiger partial charge in [-0.2, -0.15) is 0 Å². The number of hydrogen-bond donors (Lipinski definition) is 4. The molecule has 2 unspecified atom stereocenters. The van der Waals surface area contributed by atoms with Gasteiger partial charge in [0.05, 0.1) is 29.0 Å². The normalized spacial score (nSPS) is 17.1. The number of aromatic nitrogens is 2. The second-order valence-corrected chi connectivity index (χ2v) is 13.4. The van der Waals surface area contributed by atoms with Gasteiger partial charge < -0.3 is 35.1 Å². The van der Waals surface area contributed by atoms with Crippen molar-refractivity contribution in [2.24, 2.45) is 5.92 Å². The first-order chi connectivity index (χ1) is 23.7. The lowest BCUT2D eigenvalue weighted by Gasteiger charge is -2.25. The van der Waals surface area contributed by atoms with E-state index in [1.807, 2.05) is 49.4 Å². The van der Waals surface area contributed by atoms with E-state index in [-0.39, 0.29) is 36.7 Å². The molecule has 0 radical (unpaired) electrons. The van der Waals surface area contributed by atoms with Gasteiger partial charge in [-0.25, -0.2) is 0 Å². The van der Waals surface area contributed by atoms with Crippen LogP contribution in [0.4, 0.5) is 0 Å². The molecule has 12 nitrogen and oxygen atoms in total. The number of H-pyrrole nitrogens is 1. The number of rotatable bonds is 14. The molecule has 13 heteroatoms. The first kappa shape index (κ1) is 34.0.